The van der Waals surface area contributed by atoms with Crippen molar-refractivity contribution in [3.8, 4) is 17.2 Å². The molecule has 3 rings (SSSR count). The van der Waals surface area contributed by atoms with Crippen LogP contribution in [0, 0.1) is 6.92 Å². The van der Waals surface area contributed by atoms with E-state index in [9.17, 15) is 8.42 Å². The van der Waals surface area contributed by atoms with Gasteiger partial charge in [0.2, 0.25) is 0 Å². The van der Waals surface area contributed by atoms with Crippen molar-refractivity contribution in [3.63, 3.8) is 0 Å². The maximum atomic E-state index is 12.7. The van der Waals surface area contributed by atoms with Crippen LogP contribution in [0.5, 0.6) is 17.2 Å². The predicted molar refractivity (Wildman–Crippen MR) is 125 cm³/mol. The minimum absolute atomic E-state index is 0.0672. The number of nitrogens with zero attached hydrogens (tertiary/aromatic N) is 1. The van der Waals surface area contributed by atoms with Gasteiger partial charge in [0, 0.05) is 6.21 Å². The number of methoxy groups -OCH3 is 1. The highest BCUT2D eigenvalue weighted by atomic mass is 79.9. The second kappa shape index (κ2) is 9.98. The Morgan fingerprint density at radius 1 is 1.03 bits per heavy atom. The highest BCUT2D eigenvalue weighted by molar-refractivity contribution is 9.10. The first-order valence-electron chi connectivity index (χ1n) is 9.48. The lowest BCUT2D eigenvalue weighted by molar-refractivity contribution is 0.327. The molecular weight excluding hydrogens is 482 g/mol. The van der Waals surface area contributed by atoms with Gasteiger partial charge in [-0.25, -0.2) is 0 Å². The minimum Gasteiger partial charge on any atom is -0.497 e. The van der Waals surface area contributed by atoms with Crippen LogP contribution in [-0.4, -0.2) is 28.3 Å². The number of rotatable bonds is 8. The first-order valence-corrected chi connectivity index (χ1v) is 11.7. The van der Waals surface area contributed by atoms with E-state index in [0.717, 1.165) is 17.0 Å². The van der Waals surface area contributed by atoms with Crippen molar-refractivity contribution < 1.29 is 22.1 Å². The molecule has 0 spiro atoms. The molecule has 0 aliphatic rings. The van der Waals surface area contributed by atoms with Gasteiger partial charge in [-0.15, -0.1) is 0 Å². The Balaban J connectivity index is 1.91. The number of ether oxygens (including phenoxy) is 2. The van der Waals surface area contributed by atoms with Crippen molar-refractivity contribution in [2.75, 3.05) is 13.7 Å². The molecular formula is C23H22BrNO5S. The Kier molecular flexibility index (Phi) is 7.35. The average molecular weight is 504 g/mol. The van der Waals surface area contributed by atoms with E-state index in [1.54, 1.807) is 37.6 Å². The van der Waals surface area contributed by atoms with Crippen LogP contribution < -0.4 is 13.7 Å². The normalized spacial score (nSPS) is 11.5. The second-order valence-electron chi connectivity index (χ2n) is 6.57. The number of aryl methyl sites for hydroxylation is 1. The number of benzene rings is 3. The van der Waals surface area contributed by atoms with Crippen molar-refractivity contribution >= 4 is 38.0 Å². The zero-order valence-electron chi connectivity index (χ0n) is 17.3. The summed E-state index contributed by atoms with van der Waals surface area (Å²) in [7, 11) is -2.42. The van der Waals surface area contributed by atoms with Gasteiger partial charge in [0.05, 0.1) is 23.9 Å². The molecule has 31 heavy (non-hydrogen) atoms. The van der Waals surface area contributed by atoms with Gasteiger partial charge in [-0.2, -0.15) is 8.42 Å². The quantitative estimate of drug-likeness (QED) is 0.291. The van der Waals surface area contributed by atoms with E-state index >= 15 is 0 Å². The van der Waals surface area contributed by atoms with Gasteiger partial charge in [0.1, 0.15) is 10.6 Å². The first kappa shape index (κ1) is 22.8. The largest absolute Gasteiger partial charge is 0.497 e. The molecule has 0 heterocycles. The smallest absolute Gasteiger partial charge is 0.339 e. The summed E-state index contributed by atoms with van der Waals surface area (Å²) in [6.45, 7) is 4.03. The summed E-state index contributed by atoms with van der Waals surface area (Å²) in [6, 6.07) is 17.2. The highest BCUT2D eigenvalue weighted by Gasteiger charge is 2.22. The Morgan fingerprint density at radius 2 is 1.71 bits per heavy atom. The van der Waals surface area contributed by atoms with E-state index in [2.05, 4.69) is 20.9 Å². The van der Waals surface area contributed by atoms with Crippen LogP contribution in [0.3, 0.4) is 0 Å². The summed E-state index contributed by atoms with van der Waals surface area (Å²) in [6.07, 6.45) is 1.66. The summed E-state index contributed by atoms with van der Waals surface area (Å²) >= 11 is 3.40. The average Bonchev–Trinajstić information content (AvgIpc) is 2.75. The molecule has 0 N–H and O–H groups in total. The zero-order valence-corrected chi connectivity index (χ0v) is 19.7. The number of halogens is 1. The molecule has 0 atom stereocenters. The summed E-state index contributed by atoms with van der Waals surface area (Å²) in [4.78, 5) is 4.51. The van der Waals surface area contributed by atoms with E-state index < -0.39 is 10.1 Å². The van der Waals surface area contributed by atoms with Gasteiger partial charge in [0.25, 0.3) is 0 Å². The third kappa shape index (κ3) is 5.86. The Morgan fingerprint density at radius 3 is 2.32 bits per heavy atom. The fourth-order valence-corrected chi connectivity index (χ4v) is 4.29. The lowest BCUT2D eigenvalue weighted by atomic mass is 10.2. The Labute approximate surface area is 190 Å². The number of aliphatic imine (C=N–C) groups is 1. The number of hydrogen-bond acceptors (Lipinski definition) is 6. The maximum Gasteiger partial charge on any atom is 0.339 e. The van der Waals surface area contributed by atoms with Crippen LogP contribution in [0.15, 0.2) is 75.0 Å². The molecule has 0 aliphatic heterocycles. The molecule has 162 valence electrons. The van der Waals surface area contributed by atoms with Crippen molar-refractivity contribution in [3.05, 3.63) is 76.3 Å². The van der Waals surface area contributed by atoms with E-state index in [0.29, 0.717) is 22.4 Å². The fraction of sp³-hybridized carbons (Fsp3) is 0.174. The molecule has 3 aromatic rings. The van der Waals surface area contributed by atoms with Crippen LogP contribution in [0.25, 0.3) is 0 Å². The summed E-state index contributed by atoms with van der Waals surface area (Å²) in [5.74, 6) is 1.13. The summed E-state index contributed by atoms with van der Waals surface area (Å²) in [5, 5.41) is 0. The first-order chi connectivity index (χ1) is 14.8. The molecule has 0 fully saturated rings. The van der Waals surface area contributed by atoms with E-state index in [-0.39, 0.29) is 10.6 Å². The van der Waals surface area contributed by atoms with Crippen LogP contribution in [0.2, 0.25) is 0 Å². The lowest BCUT2D eigenvalue weighted by Gasteiger charge is -2.14. The van der Waals surface area contributed by atoms with E-state index in [1.165, 1.54) is 12.1 Å². The molecule has 8 heteroatoms. The van der Waals surface area contributed by atoms with Crippen LogP contribution in [0.1, 0.15) is 18.1 Å². The summed E-state index contributed by atoms with van der Waals surface area (Å²) in [5.41, 5.74) is 2.42. The molecule has 0 saturated heterocycles. The molecule has 0 amide bonds. The van der Waals surface area contributed by atoms with Crippen molar-refractivity contribution in [1.29, 1.82) is 0 Å². The maximum absolute atomic E-state index is 12.7. The SMILES string of the molecule is CCOc1cc(C=Nc2ccc(OC)cc2)cc(Br)c1OS(=O)(=O)c1ccc(C)cc1. The van der Waals surface area contributed by atoms with Crippen molar-refractivity contribution in [1.82, 2.24) is 0 Å². The van der Waals surface area contributed by atoms with Gasteiger partial charge in [-0.1, -0.05) is 17.7 Å². The Hall–Kier alpha value is -2.84. The zero-order chi connectivity index (χ0) is 22.4. The molecule has 0 aliphatic carbocycles. The predicted octanol–water partition coefficient (Wildman–Crippen LogP) is 5.68. The lowest BCUT2D eigenvalue weighted by Crippen LogP contribution is -2.11. The monoisotopic (exact) mass is 503 g/mol. The Bertz CT molecular complexity index is 1170. The van der Waals surface area contributed by atoms with Gasteiger partial charge in [-0.3, -0.25) is 4.99 Å². The summed E-state index contributed by atoms with van der Waals surface area (Å²) < 4.78 is 42.1. The molecule has 3 aromatic carbocycles. The van der Waals surface area contributed by atoms with Gasteiger partial charge >= 0.3 is 10.1 Å². The van der Waals surface area contributed by atoms with E-state index in [4.69, 9.17) is 13.7 Å². The van der Waals surface area contributed by atoms with Crippen LogP contribution in [0.4, 0.5) is 5.69 Å². The van der Waals surface area contributed by atoms with Gasteiger partial charge in [-0.05, 0) is 83.9 Å². The minimum atomic E-state index is -4.02. The van der Waals surface area contributed by atoms with Gasteiger partial charge in [0.15, 0.2) is 11.5 Å². The third-order valence-electron chi connectivity index (χ3n) is 4.27. The number of hydrogen-bond donors (Lipinski definition) is 0. The second-order valence-corrected chi connectivity index (χ2v) is 8.97. The van der Waals surface area contributed by atoms with Crippen LogP contribution >= 0.6 is 15.9 Å². The molecule has 0 bridgehead atoms. The fourth-order valence-electron chi connectivity index (χ4n) is 2.69. The standard InChI is InChI=1S/C23H22BrNO5S/c1-4-29-22-14-17(15-25-18-7-9-19(28-3)10-8-18)13-21(24)23(22)30-31(26,27)20-11-5-16(2)6-12-20/h5-15H,4H2,1-3H3. The van der Waals surface area contributed by atoms with Crippen molar-refractivity contribution in [2.45, 2.75) is 18.7 Å². The molecule has 0 saturated carbocycles. The molecule has 0 radical (unpaired) electrons. The molecule has 0 unspecified atom stereocenters. The van der Waals surface area contributed by atoms with Gasteiger partial charge < -0.3 is 13.7 Å². The topological polar surface area (TPSA) is 74.2 Å². The third-order valence-corrected chi connectivity index (χ3v) is 6.09. The highest BCUT2D eigenvalue weighted by Crippen LogP contribution is 2.38. The molecule has 0 aromatic heterocycles. The van der Waals surface area contributed by atoms with E-state index in [1.807, 2.05) is 38.1 Å². The van der Waals surface area contributed by atoms with Crippen LogP contribution in [-0.2, 0) is 10.1 Å². The van der Waals surface area contributed by atoms with Crippen molar-refractivity contribution in [2.24, 2.45) is 4.99 Å². The molecule has 6 nitrogen and oxygen atoms in total.